The molecule has 1 aromatic carbocycles. The first-order valence-electron chi connectivity index (χ1n) is 10.6. The summed E-state index contributed by atoms with van der Waals surface area (Å²) < 4.78 is 0. The topological polar surface area (TPSA) is 60.9 Å². The Bertz CT molecular complexity index is 818. The molecule has 4 rings (SSSR count). The van der Waals surface area contributed by atoms with Crippen LogP contribution in [0.5, 0.6) is 5.75 Å². The third-order valence-electron chi connectivity index (χ3n) is 8.10. The van der Waals surface area contributed by atoms with Crippen molar-refractivity contribution in [3.8, 4) is 5.75 Å². The van der Waals surface area contributed by atoms with Crippen molar-refractivity contribution < 1.29 is 14.7 Å². The number of fused-ring (bicyclic) bond motifs is 4. The predicted octanol–water partition coefficient (Wildman–Crippen LogP) is 3.09. The van der Waals surface area contributed by atoms with Crippen LogP contribution in [0, 0.1) is 11.3 Å². The standard InChI is InChI=1S/C23H32N2O3/c1-5-20(27)24-11-9-15(14-24)21(28)25-12-10-23(4)17-7-6-8-18(26)16(17)13-19(25)22(23,2)3/h6-8,15,19,26H,5,9-14H2,1-4H3/t15?,19-,23+/m1/s1. The summed E-state index contributed by atoms with van der Waals surface area (Å²) in [6.07, 6.45) is 2.84. The normalized spacial score (nSPS) is 30.9. The van der Waals surface area contributed by atoms with E-state index >= 15 is 0 Å². The Morgan fingerprint density at radius 1 is 1.21 bits per heavy atom. The van der Waals surface area contributed by atoms with Gasteiger partial charge in [0.2, 0.25) is 11.8 Å². The third kappa shape index (κ3) is 2.58. The van der Waals surface area contributed by atoms with E-state index in [4.69, 9.17) is 0 Å². The molecule has 1 N–H and O–H groups in total. The number of carbonyl (C=O) groups is 2. The van der Waals surface area contributed by atoms with Crippen molar-refractivity contribution in [3.05, 3.63) is 29.3 Å². The number of aromatic hydroxyl groups is 1. The van der Waals surface area contributed by atoms with Crippen LogP contribution in [-0.4, -0.2) is 52.4 Å². The molecule has 0 radical (unpaired) electrons. The predicted molar refractivity (Wildman–Crippen MR) is 108 cm³/mol. The van der Waals surface area contributed by atoms with Gasteiger partial charge in [0, 0.05) is 37.5 Å². The fourth-order valence-corrected chi connectivity index (χ4v) is 5.84. The Balaban J connectivity index is 1.63. The SMILES string of the molecule is CCC(=O)N1CCC(C(=O)N2CC[C@@]3(C)c4cccc(O)c4C[C@@H]2C3(C)C)C1. The van der Waals surface area contributed by atoms with E-state index < -0.39 is 0 Å². The molecule has 152 valence electrons. The zero-order valence-corrected chi connectivity index (χ0v) is 17.5. The highest BCUT2D eigenvalue weighted by atomic mass is 16.3. The molecular weight excluding hydrogens is 352 g/mol. The van der Waals surface area contributed by atoms with Crippen molar-refractivity contribution in [2.24, 2.45) is 11.3 Å². The molecule has 2 fully saturated rings. The van der Waals surface area contributed by atoms with E-state index in [0.29, 0.717) is 31.7 Å². The number of hydrogen-bond donors (Lipinski definition) is 1. The van der Waals surface area contributed by atoms with Crippen molar-refractivity contribution in [2.75, 3.05) is 19.6 Å². The number of rotatable bonds is 2. The van der Waals surface area contributed by atoms with Gasteiger partial charge < -0.3 is 14.9 Å². The van der Waals surface area contributed by atoms with Crippen LogP contribution in [0.2, 0.25) is 0 Å². The first-order chi connectivity index (χ1) is 13.2. The molecule has 2 saturated heterocycles. The number of likely N-dealkylation sites (tertiary alicyclic amines) is 2. The first kappa shape index (κ1) is 19.3. The lowest BCUT2D eigenvalue weighted by molar-refractivity contribution is -0.148. The minimum Gasteiger partial charge on any atom is -0.508 e. The van der Waals surface area contributed by atoms with E-state index in [-0.39, 0.29) is 34.6 Å². The van der Waals surface area contributed by atoms with Crippen LogP contribution >= 0.6 is 0 Å². The van der Waals surface area contributed by atoms with Gasteiger partial charge in [0.15, 0.2) is 0 Å². The number of benzene rings is 1. The van der Waals surface area contributed by atoms with Crippen molar-refractivity contribution in [3.63, 3.8) is 0 Å². The molecule has 3 atom stereocenters. The van der Waals surface area contributed by atoms with Crippen LogP contribution in [0.4, 0.5) is 0 Å². The fraction of sp³-hybridized carbons (Fsp3) is 0.652. The Labute approximate surface area is 167 Å². The van der Waals surface area contributed by atoms with Gasteiger partial charge in [0.1, 0.15) is 5.75 Å². The highest BCUT2D eigenvalue weighted by Gasteiger charge is 2.57. The Morgan fingerprint density at radius 3 is 2.68 bits per heavy atom. The maximum Gasteiger partial charge on any atom is 0.227 e. The zero-order chi connectivity index (χ0) is 20.3. The number of piperidine rings is 1. The molecule has 3 aliphatic rings. The molecule has 0 spiro atoms. The van der Waals surface area contributed by atoms with Gasteiger partial charge in [-0.2, -0.15) is 0 Å². The second-order valence-corrected chi connectivity index (χ2v) is 9.54. The lowest BCUT2D eigenvalue weighted by Crippen LogP contribution is -2.65. The van der Waals surface area contributed by atoms with Crippen molar-refractivity contribution in [1.29, 1.82) is 0 Å². The first-order valence-corrected chi connectivity index (χ1v) is 10.6. The smallest absolute Gasteiger partial charge is 0.227 e. The second kappa shape index (κ2) is 6.50. The largest absolute Gasteiger partial charge is 0.508 e. The van der Waals surface area contributed by atoms with Crippen molar-refractivity contribution in [2.45, 2.75) is 64.8 Å². The summed E-state index contributed by atoms with van der Waals surface area (Å²) in [5, 5.41) is 10.5. The van der Waals surface area contributed by atoms with Crippen LogP contribution in [0.15, 0.2) is 18.2 Å². The second-order valence-electron chi connectivity index (χ2n) is 9.54. The Morgan fingerprint density at radius 2 is 1.96 bits per heavy atom. The molecule has 0 aromatic heterocycles. The molecule has 2 heterocycles. The molecule has 5 heteroatoms. The fourth-order valence-electron chi connectivity index (χ4n) is 5.84. The van der Waals surface area contributed by atoms with E-state index in [1.54, 1.807) is 6.07 Å². The Hall–Kier alpha value is -2.04. The molecule has 1 aromatic rings. The zero-order valence-electron chi connectivity index (χ0n) is 17.5. The maximum atomic E-state index is 13.5. The van der Waals surface area contributed by atoms with E-state index in [1.807, 2.05) is 17.9 Å². The minimum atomic E-state index is -0.0959. The van der Waals surface area contributed by atoms with Gasteiger partial charge >= 0.3 is 0 Å². The van der Waals surface area contributed by atoms with Crippen LogP contribution in [0.3, 0.4) is 0 Å². The summed E-state index contributed by atoms with van der Waals surface area (Å²) in [4.78, 5) is 29.4. The lowest BCUT2D eigenvalue weighted by Gasteiger charge is -2.61. The minimum absolute atomic E-state index is 0.0653. The van der Waals surface area contributed by atoms with Gasteiger partial charge in [-0.05, 0) is 41.9 Å². The molecule has 2 amide bonds. The van der Waals surface area contributed by atoms with E-state index in [2.05, 4.69) is 31.7 Å². The van der Waals surface area contributed by atoms with Gasteiger partial charge in [-0.15, -0.1) is 0 Å². The molecular formula is C23H32N2O3. The maximum absolute atomic E-state index is 13.5. The molecule has 0 saturated carbocycles. The third-order valence-corrected chi connectivity index (χ3v) is 8.10. The van der Waals surface area contributed by atoms with Gasteiger partial charge in [-0.3, -0.25) is 9.59 Å². The Kier molecular flexibility index (Phi) is 4.48. The highest BCUT2D eigenvalue weighted by molar-refractivity contribution is 5.83. The monoisotopic (exact) mass is 384 g/mol. The van der Waals surface area contributed by atoms with Crippen LogP contribution < -0.4 is 0 Å². The number of phenolic OH excluding ortho intramolecular Hbond substituents is 1. The average Bonchev–Trinajstić information content (AvgIpc) is 3.14. The number of amides is 2. The number of phenols is 1. The van der Waals surface area contributed by atoms with Crippen LogP contribution in [-0.2, 0) is 21.4 Å². The van der Waals surface area contributed by atoms with Crippen LogP contribution in [0.1, 0.15) is 58.1 Å². The van der Waals surface area contributed by atoms with Gasteiger partial charge in [-0.1, -0.05) is 39.8 Å². The summed E-state index contributed by atoms with van der Waals surface area (Å²) in [7, 11) is 0. The number of carbonyl (C=O) groups excluding carboxylic acids is 2. The average molecular weight is 385 g/mol. The van der Waals surface area contributed by atoms with Crippen molar-refractivity contribution >= 4 is 11.8 Å². The molecule has 5 nitrogen and oxygen atoms in total. The van der Waals surface area contributed by atoms with Gasteiger partial charge in [0.05, 0.1) is 5.92 Å². The summed E-state index contributed by atoms with van der Waals surface area (Å²) in [6.45, 7) is 10.7. The van der Waals surface area contributed by atoms with E-state index in [9.17, 15) is 14.7 Å². The number of hydrogen-bond acceptors (Lipinski definition) is 3. The lowest BCUT2D eigenvalue weighted by atomic mass is 9.51. The molecule has 1 unspecified atom stereocenters. The van der Waals surface area contributed by atoms with Crippen LogP contribution in [0.25, 0.3) is 0 Å². The summed E-state index contributed by atoms with van der Waals surface area (Å²) in [6, 6.07) is 5.91. The summed E-state index contributed by atoms with van der Waals surface area (Å²) in [5.41, 5.74) is 2.09. The molecule has 2 bridgehead atoms. The molecule has 1 aliphatic carbocycles. The molecule has 28 heavy (non-hydrogen) atoms. The quantitative estimate of drug-likeness (QED) is 0.852. The van der Waals surface area contributed by atoms with Gasteiger partial charge in [0.25, 0.3) is 0 Å². The van der Waals surface area contributed by atoms with E-state index in [0.717, 1.165) is 24.9 Å². The molecule has 2 aliphatic heterocycles. The highest BCUT2D eigenvalue weighted by Crippen LogP contribution is 2.57. The summed E-state index contributed by atoms with van der Waals surface area (Å²) >= 11 is 0. The number of nitrogens with zero attached hydrogens (tertiary/aromatic N) is 2. The van der Waals surface area contributed by atoms with Gasteiger partial charge in [-0.25, -0.2) is 0 Å². The summed E-state index contributed by atoms with van der Waals surface area (Å²) in [5.74, 6) is 0.573. The van der Waals surface area contributed by atoms with E-state index in [1.165, 1.54) is 5.56 Å². The van der Waals surface area contributed by atoms with Crippen molar-refractivity contribution in [1.82, 2.24) is 9.80 Å².